The number of amides is 1. The molecule has 0 atom stereocenters. The highest BCUT2D eigenvalue weighted by Gasteiger charge is 2.12. The summed E-state index contributed by atoms with van der Waals surface area (Å²) < 4.78 is 0. The molecule has 0 aliphatic carbocycles. The Labute approximate surface area is 124 Å². The molecule has 5 heteroatoms. The molecule has 1 aliphatic rings. The van der Waals surface area contributed by atoms with E-state index in [1.165, 1.54) is 25.7 Å². The quantitative estimate of drug-likeness (QED) is 0.685. The number of benzene rings is 1. The largest absolute Gasteiger partial charge is 0.294 e. The molecule has 0 radical (unpaired) electrons. The third-order valence-electron chi connectivity index (χ3n) is 3.36. The van der Waals surface area contributed by atoms with Crippen LogP contribution in [0.3, 0.4) is 0 Å². The molecule has 0 bridgehead atoms. The fourth-order valence-electron chi connectivity index (χ4n) is 2.29. The Bertz CT molecular complexity index is 468. The lowest BCUT2D eigenvalue weighted by molar-refractivity contribution is -0.122. The van der Waals surface area contributed by atoms with Crippen molar-refractivity contribution >= 4 is 23.7 Å². The molecule has 1 fully saturated rings. The molecule has 1 N–H and O–H groups in total. The SMILES string of the molecule is O=C(CN1CCCCCC1)NN=Cc1ccccc1Cl. The summed E-state index contributed by atoms with van der Waals surface area (Å²) in [7, 11) is 0. The van der Waals surface area contributed by atoms with E-state index in [-0.39, 0.29) is 5.91 Å². The maximum Gasteiger partial charge on any atom is 0.254 e. The topological polar surface area (TPSA) is 44.7 Å². The van der Waals surface area contributed by atoms with Crippen LogP contribution in [0.4, 0.5) is 0 Å². The van der Waals surface area contributed by atoms with Crippen molar-refractivity contribution in [1.82, 2.24) is 10.3 Å². The molecular formula is C15H20ClN3O. The number of nitrogens with one attached hydrogen (secondary N) is 1. The summed E-state index contributed by atoms with van der Waals surface area (Å²) >= 11 is 6.00. The summed E-state index contributed by atoms with van der Waals surface area (Å²) in [6.45, 7) is 2.42. The van der Waals surface area contributed by atoms with Crippen LogP contribution in [-0.2, 0) is 4.79 Å². The fourth-order valence-corrected chi connectivity index (χ4v) is 2.47. The highest BCUT2D eigenvalue weighted by Crippen LogP contribution is 2.12. The Kier molecular flexibility index (Phi) is 6.02. The van der Waals surface area contributed by atoms with Crippen LogP contribution in [0.1, 0.15) is 31.2 Å². The van der Waals surface area contributed by atoms with Gasteiger partial charge in [-0.3, -0.25) is 9.69 Å². The van der Waals surface area contributed by atoms with E-state index in [0.717, 1.165) is 18.7 Å². The molecule has 108 valence electrons. The van der Waals surface area contributed by atoms with Gasteiger partial charge in [-0.1, -0.05) is 42.6 Å². The Morgan fingerprint density at radius 1 is 1.25 bits per heavy atom. The molecule has 0 aromatic heterocycles. The van der Waals surface area contributed by atoms with Gasteiger partial charge in [-0.2, -0.15) is 5.10 Å². The monoisotopic (exact) mass is 293 g/mol. The highest BCUT2D eigenvalue weighted by molar-refractivity contribution is 6.33. The molecule has 4 nitrogen and oxygen atoms in total. The molecule has 0 saturated carbocycles. The minimum Gasteiger partial charge on any atom is -0.294 e. The molecular weight excluding hydrogens is 274 g/mol. The third kappa shape index (κ3) is 4.94. The average Bonchev–Trinajstić information content (AvgIpc) is 2.69. The Hall–Kier alpha value is -1.39. The Balaban J connectivity index is 1.78. The molecule has 1 aliphatic heterocycles. The van der Waals surface area contributed by atoms with Crippen molar-refractivity contribution in [3.05, 3.63) is 34.9 Å². The number of hydrogen-bond acceptors (Lipinski definition) is 3. The van der Waals surface area contributed by atoms with E-state index < -0.39 is 0 Å². The zero-order valence-corrected chi connectivity index (χ0v) is 12.3. The van der Waals surface area contributed by atoms with Crippen LogP contribution in [0, 0.1) is 0 Å². The van der Waals surface area contributed by atoms with Gasteiger partial charge in [0.2, 0.25) is 0 Å². The second kappa shape index (κ2) is 8.02. The van der Waals surface area contributed by atoms with Crippen molar-refractivity contribution in [2.24, 2.45) is 5.10 Å². The van der Waals surface area contributed by atoms with Crippen molar-refractivity contribution in [1.29, 1.82) is 0 Å². The third-order valence-corrected chi connectivity index (χ3v) is 3.71. The van der Waals surface area contributed by atoms with Gasteiger partial charge < -0.3 is 0 Å². The normalized spacial score (nSPS) is 17.1. The van der Waals surface area contributed by atoms with Gasteiger partial charge in [-0.05, 0) is 32.0 Å². The van der Waals surface area contributed by atoms with E-state index >= 15 is 0 Å². The van der Waals surface area contributed by atoms with Gasteiger partial charge in [0.1, 0.15) is 0 Å². The van der Waals surface area contributed by atoms with E-state index in [9.17, 15) is 4.79 Å². The summed E-state index contributed by atoms with van der Waals surface area (Å²) in [5.74, 6) is -0.0739. The Morgan fingerprint density at radius 3 is 2.65 bits per heavy atom. The first-order valence-electron chi connectivity index (χ1n) is 7.04. The van der Waals surface area contributed by atoms with Gasteiger partial charge in [-0.25, -0.2) is 5.43 Å². The van der Waals surface area contributed by atoms with Crippen LogP contribution < -0.4 is 5.43 Å². The lowest BCUT2D eigenvalue weighted by atomic mass is 10.2. The molecule has 0 spiro atoms. The van der Waals surface area contributed by atoms with E-state index in [0.29, 0.717) is 11.6 Å². The number of carbonyl (C=O) groups excluding carboxylic acids is 1. The molecule has 1 aromatic rings. The van der Waals surface area contributed by atoms with Crippen molar-refractivity contribution < 1.29 is 4.79 Å². The highest BCUT2D eigenvalue weighted by atomic mass is 35.5. The number of carbonyl (C=O) groups is 1. The van der Waals surface area contributed by atoms with Gasteiger partial charge in [0, 0.05) is 10.6 Å². The molecule has 1 aromatic carbocycles. The first-order chi connectivity index (χ1) is 9.75. The standard InChI is InChI=1S/C15H20ClN3O/c16-14-8-4-3-7-13(14)11-17-18-15(20)12-19-9-5-1-2-6-10-19/h3-4,7-8,11H,1-2,5-6,9-10,12H2,(H,18,20). The summed E-state index contributed by atoms with van der Waals surface area (Å²) in [5, 5.41) is 4.58. The van der Waals surface area contributed by atoms with Crippen LogP contribution in [0.15, 0.2) is 29.4 Å². The summed E-state index contributed by atoms with van der Waals surface area (Å²) in [6.07, 6.45) is 6.46. The minimum absolute atomic E-state index is 0.0739. The zero-order chi connectivity index (χ0) is 14.2. The Morgan fingerprint density at radius 2 is 1.95 bits per heavy atom. The van der Waals surface area contributed by atoms with E-state index in [4.69, 9.17) is 11.6 Å². The smallest absolute Gasteiger partial charge is 0.254 e. The predicted molar refractivity (Wildman–Crippen MR) is 82.1 cm³/mol. The summed E-state index contributed by atoms with van der Waals surface area (Å²) in [6, 6.07) is 7.39. The maximum absolute atomic E-state index is 11.8. The van der Waals surface area contributed by atoms with E-state index in [1.54, 1.807) is 12.3 Å². The zero-order valence-electron chi connectivity index (χ0n) is 11.5. The number of hydrazone groups is 1. The lowest BCUT2D eigenvalue weighted by Crippen LogP contribution is -2.35. The molecule has 20 heavy (non-hydrogen) atoms. The number of nitrogens with zero attached hydrogens (tertiary/aromatic N) is 2. The van der Waals surface area contributed by atoms with Gasteiger partial charge >= 0.3 is 0 Å². The second-order valence-electron chi connectivity index (χ2n) is 5.01. The van der Waals surface area contributed by atoms with Crippen LogP contribution in [-0.4, -0.2) is 36.7 Å². The second-order valence-corrected chi connectivity index (χ2v) is 5.41. The van der Waals surface area contributed by atoms with E-state index in [2.05, 4.69) is 15.4 Å². The van der Waals surface area contributed by atoms with Crippen molar-refractivity contribution in [3.63, 3.8) is 0 Å². The van der Waals surface area contributed by atoms with Crippen LogP contribution in [0.5, 0.6) is 0 Å². The first-order valence-corrected chi connectivity index (χ1v) is 7.42. The van der Waals surface area contributed by atoms with Gasteiger partial charge in [0.05, 0.1) is 12.8 Å². The van der Waals surface area contributed by atoms with Gasteiger partial charge in [0.25, 0.3) is 5.91 Å². The van der Waals surface area contributed by atoms with Gasteiger partial charge in [-0.15, -0.1) is 0 Å². The summed E-state index contributed by atoms with van der Waals surface area (Å²) in [4.78, 5) is 14.0. The summed E-state index contributed by atoms with van der Waals surface area (Å²) in [5.41, 5.74) is 3.35. The van der Waals surface area contributed by atoms with Crippen LogP contribution in [0.25, 0.3) is 0 Å². The number of halogens is 1. The minimum atomic E-state index is -0.0739. The van der Waals surface area contributed by atoms with E-state index in [1.807, 2.05) is 18.2 Å². The number of likely N-dealkylation sites (tertiary alicyclic amines) is 1. The molecule has 1 heterocycles. The average molecular weight is 294 g/mol. The fraction of sp³-hybridized carbons (Fsp3) is 0.467. The predicted octanol–water partition coefficient (Wildman–Crippen LogP) is 2.67. The first kappa shape index (κ1) is 15.0. The molecule has 2 rings (SSSR count). The molecule has 1 saturated heterocycles. The van der Waals surface area contributed by atoms with Crippen molar-refractivity contribution in [2.45, 2.75) is 25.7 Å². The van der Waals surface area contributed by atoms with Crippen molar-refractivity contribution in [3.8, 4) is 0 Å². The maximum atomic E-state index is 11.8. The van der Waals surface area contributed by atoms with Crippen LogP contribution in [0.2, 0.25) is 5.02 Å². The number of hydrogen-bond donors (Lipinski definition) is 1. The lowest BCUT2D eigenvalue weighted by Gasteiger charge is -2.17. The molecule has 0 unspecified atom stereocenters. The van der Waals surface area contributed by atoms with Crippen LogP contribution >= 0.6 is 11.6 Å². The van der Waals surface area contributed by atoms with Crippen molar-refractivity contribution in [2.75, 3.05) is 19.6 Å². The molecule has 1 amide bonds. The van der Waals surface area contributed by atoms with Gasteiger partial charge in [0.15, 0.2) is 0 Å². The number of rotatable bonds is 4.